The predicted molar refractivity (Wildman–Crippen MR) is 65.4 cm³/mol. The van der Waals surface area contributed by atoms with Crippen molar-refractivity contribution < 1.29 is 8.78 Å². The molecular weight excluding hydrogens is 230 g/mol. The Morgan fingerprint density at radius 1 is 1.25 bits per heavy atom. The van der Waals surface area contributed by atoms with Crippen LogP contribution in [-0.4, -0.2) is 11.7 Å². The summed E-state index contributed by atoms with van der Waals surface area (Å²) < 4.78 is 25.7. The van der Waals surface area contributed by atoms with Gasteiger partial charge in [0.15, 0.2) is 5.11 Å². The van der Waals surface area contributed by atoms with Crippen LogP contribution in [0.3, 0.4) is 0 Å². The monoisotopic (exact) mass is 244 g/mol. The van der Waals surface area contributed by atoms with E-state index in [-0.39, 0.29) is 0 Å². The van der Waals surface area contributed by atoms with Crippen LogP contribution in [0.1, 0.15) is 13.8 Å². The number of hydrogen-bond donors (Lipinski definition) is 2. The first-order chi connectivity index (χ1) is 7.47. The normalized spacial score (nSPS) is 10.3. The standard InChI is InChI=1S/C11H14F2N2S/c1-7(2)6-14-11(16)15-10-4-8(12)3-9(13)5-10/h3-5,7H,6H2,1-2H3,(H2,14,15,16). The number of nitrogens with one attached hydrogen (secondary N) is 2. The van der Waals surface area contributed by atoms with Gasteiger partial charge < -0.3 is 10.6 Å². The molecule has 0 radical (unpaired) electrons. The maximum absolute atomic E-state index is 12.8. The van der Waals surface area contributed by atoms with Crippen LogP contribution < -0.4 is 10.6 Å². The summed E-state index contributed by atoms with van der Waals surface area (Å²) in [5, 5.41) is 6.02. The van der Waals surface area contributed by atoms with Crippen LogP contribution in [0.2, 0.25) is 0 Å². The van der Waals surface area contributed by atoms with Crippen LogP contribution in [-0.2, 0) is 0 Å². The molecular formula is C11H14F2N2S. The highest BCUT2D eigenvalue weighted by molar-refractivity contribution is 7.80. The van der Waals surface area contributed by atoms with Gasteiger partial charge >= 0.3 is 0 Å². The van der Waals surface area contributed by atoms with Crippen molar-refractivity contribution in [1.82, 2.24) is 5.32 Å². The zero-order valence-corrected chi connectivity index (χ0v) is 10.00. The molecule has 0 saturated carbocycles. The molecule has 16 heavy (non-hydrogen) atoms. The first-order valence-corrected chi connectivity index (χ1v) is 5.39. The fraction of sp³-hybridized carbons (Fsp3) is 0.364. The topological polar surface area (TPSA) is 24.1 Å². The van der Waals surface area contributed by atoms with E-state index in [1.165, 1.54) is 12.1 Å². The molecule has 0 unspecified atom stereocenters. The minimum Gasteiger partial charge on any atom is -0.362 e. The lowest BCUT2D eigenvalue weighted by molar-refractivity contribution is 0.584. The van der Waals surface area contributed by atoms with Gasteiger partial charge in [0, 0.05) is 18.3 Å². The first-order valence-electron chi connectivity index (χ1n) is 4.98. The lowest BCUT2D eigenvalue weighted by atomic mass is 10.2. The molecule has 0 atom stereocenters. The van der Waals surface area contributed by atoms with Crippen molar-refractivity contribution in [3.05, 3.63) is 29.8 Å². The third-order valence-corrected chi connectivity index (χ3v) is 2.04. The van der Waals surface area contributed by atoms with Gasteiger partial charge in [0.25, 0.3) is 0 Å². The average Bonchev–Trinajstić information content (AvgIpc) is 2.12. The van der Waals surface area contributed by atoms with Crippen LogP contribution >= 0.6 is 12.2 Å². The van der Waals surface area contributed by atoms with Crippen molar-refractivity contribution in [2.75, 3.05) is 11.9 Å². The van der Waals surface area contributed by atoms with Crippen molar-refractivity contribution >= 4 is 23.0 Å². The number of rotatable bonds is 3. The van der Waals surface area contributed by atoms with Crippen LogP contribution in [0.4, 0.5) is 14.5 Å². The van der Waals surface area contributed by atoms with E-state index in [2.05, 4.69) is 10.6 Å². The quantitative estimate of drug-likeness (QED) is 0.799. The SMILES string of the molecule is CC(C)CNC(=S)Nc1cc(F)cc(F)c1. The fourth-order valence-corrected chi connectivity index (χ4v) is 1.30. The van der Waals surface area contributed by atoms with E-state index >= 15 is 0 Å². The molecule has 88 valence electrons. The van der Waals surface area contributed by atoms with Gasteiger partial charge in [-0.25, -0.2) is 8.78 Å². The van der Waals surface area contributed by atoms with Gasteiger partial charge in [0.2, 0.25) is 0 Å². The molecule has 0 fully saturated rings. The lowest BCUT2D eigenvalue weighted by Gasteiger charge is -2.12. The van der Waals surface area contributed by atoms with Gasteiger partial charge in [-0.05, 0) is 30.3 Å². The molecule has 0 amide bonds. The largest absolute Gasteiger partial charge is 0.362 e. The summed E-state index contributed by atoms with van der Waals surface area (Å²) in [6.45, 7) is 4.79. The molecule has 0 aliphatic rings. The first kappa shape index (κ1) is 12.8. The summed E-state index contributed by atoms with van der Waals surface area (Å²) in [4.78, 5) is 0. The maximum Gasteiger partial charge on any atom is 0.170 e. The second-order valence-corrected chi connectivity index (χ2v) is 4.30. The molecule has 2 N–H and O–H groups in total. The Morgan fingerprint density at radius 3 is 2.31 bits per heavy atom. The highest BCUT2D eigenvalue weighted by atomic mass is 32.1. The molecule has 1 aromatic carbocycles. The third kappa shape index (κ3) is 4.53. The van der Waals surface area contributed by atoms with E-state index in [0.717, 1.165) is 6.07 Å². The Balaban J connectivity index is 2.56. The van der Waals surface area contributed by atoms with E-state index in [1.807, 2.05) is 13.8 Å². The van der Waals surface area contributed by atoms with Crippen molar-refractivity contribution in [3.8, 4) is 0 Å². The van der Waals surface area contributed by atoms with Gasteiger partial charge in [0.05, 0.1) is 0 Å². The van der Waals surface area contributed by atoms with Crippen LogP contribution in [0.15, 0.2) is 18.2 Å². The van der Waals surface area contributed by atoms with Crippen molar-refractivity contribution in [2.45, 2.75) is 13.8 Å². The molecule has 0 aliphatic carbocycles. The second-order valence-electron chi connectivity index (χ2n) is 3.89. The summed E-state index contributed by atoms with van der Waals surface area (Å²) >= 11 is 4.97. The van der Waals surface area contributed by atoms with E-state index in [9.17, 15) is 8.78 Å². The van der Waals surface area contributed by atoms with Crippen molar-refractivity contribution in [3.63, 3.8) is 0 Å². The summed E-state index contributed by atoms with van der Waals surface area (Å²) in [7, 11) is 0. The van der Waals surface area contributed by atoms with Crippen LogP contribution in [0.25, 0.3) is 0 Å². The van der Waals surface area contributed by atoms with Gasteiger partial charge in [-0.2, -0.15) is 0 Å². The summed E-state index contributed by atoms with van der Waals surface area (Å²) in [6, 6.07) is 3.19. The Hall–Kier alpha value is -1.23. The maximum atomic E-state index is 12.8. The number of benzene rings is 1. The second kappa shape index (κ2) is 5.75. The van der Waals surface area contributed by atoms with Gasteiger partial charge in [-0.3, -0.25) is 0 Å². The molecule has 1 aromatic rings. The van der Waals surface area contributed by atoms with E-state index in [4.69, 9.17) is 12.2 Å². The highest BCUT2D eigenvalue weighted by Crippen LogP contribution is 2.12. The molecule has 5 heteroatoms. The Labute approximate surface area is 99.0 Å². The van der Waals surface area contributed by atoms with Gasteiger partial charge in [-0.15, -0.1) is 0 Å². The zero-order valence-electron chi connectivity index (χ0n) is 9.18. The van der Waals surface area contributed by atoms with Crippen LogP contribution in [0.5, 0.6) is 0 Å². The molecule has 1 rings (SSSR count). The highest BCUT2D eigenvalue weighted by Gasteiger charge is 2.02. The van der Waals surface area contributed by atoms with E-state index in [1.54, 1.807) is 0 Å². The fourth-order valence-electron chi connectivity index (χ4n) is 1.10. The Kier molecular flexibility index (Phi) is 4.61. The summed E-state index contributed by atoms with van der Waals surface area (Å²) in [5.41, 5.74) is 0.304. The smallest absolute Gasteiger partial charge is 0.170 e. The molecule has 0 heterocycles. The van der Waals surface area contributed by atoms with Crippen molar-refractivity contribution in [2.24, 2.45) is 5.92 Å². The Bertz CT molecular complexity index is 360. The molecule has 2 nitrogen and oxygen atoms in total. The van der Waals surface area contributed by atoms with Gasteiger partial charge in [0.1, 0.15) is 11.6 Å². The minimum atomic E-state index is -0.630. The number of anilines is 1. The molecule has 0 aromatic heterocycles. The molecule has 0 spiro atoms. The molecule has 0 bridgehead atoms. The zero-order chi connectivity index (χ0) is 12.1. The number of halogens is 2. The number of hydrogen-bond acceptors (Lipinski definition) is 1. The average molecular weight is 244 g/mol. The lowest BCUT2D eigenvalue weighted by Crippen LogP contribution is -2.31. The van der Waals surface area contributed by atoms with Gasteiger partial charge in [-0.1, -0.05) is 13.8 Å². The van der Waals surface area contributed by atoms with Crippen LogP contribution in [0, 0.1) is 17.6 Å². The minimum absolute atomic E-state index is 0.304. The predicted octanol–water partition coefficient (Wildman–Crippen LogP) is 2.91. The molecule has 0 saturated heterocycles. The summed E-state index contributed by atoms with van der Waals surface area (Å²) in [5.74, 6) is -0.813. The molecule has 0 aliphatic heterocycles. The third-order valence-electron chi connectivity index (χ3n) is 1.79. The number of thiocarbonyl (C=S) groups is 1. The van der Waals surface area contributed by atoms with E-state index in [0.29, 0.717) is 23.3 Å². The Morgan fingerprint density at radius 2 is 1.81 bits per heavy atom. The van der Waals surface area contributed by atoms with E-state index < -0.39 is 11.6 Å². The summed E-state index contributed by atoms with van der Waals surface area (Å²) in [6.07, 6.45) is 0. The van der Waals surface area contributed by atoms with Crippen molar-refractivity contribution in [1.29, 1.82) is 0 Å².